The third-order valence-electron chi connectivity index (χ3n) is 8.31. The number of aliphatic hydroxyl groups excluding tert-OH is 2. The molecule has 56 heavy (non-hydrogen) atoms. The lowest BCUT2D eigenvalue weighted by molar-refractivity contribution is -0.384. The average Bonchev–Trinajstić information content (AvgIpc) is 3.17. The van der Waals surface area contributed by atoms with Gasteiger partial charge >= 0.3 is 0 Å². The van der Waals surface area contributed by atoms with Gasteiger partial charge in [-0.15, -0.1) is 0 Å². The minimum Gasteiger partial charge on any atom is -0.505 e. The highest BCUT2D eigenvalue weighted by atomic mass is 35.5. The average molecular weight is 851 g/mol. The lowest BCUT2D eigenvalue weighted by Crippen LogP contribution is -2.03. The molecule has 0 spiro atoms. The first kappa shape index (κ1) is 42.6. The molecule has 14 heteroatoms. The van der Waals surface area contributed by atoms with E-state index < -0.39 is 17.1 Å². The number of nitro benzene ring substituents is 1. The number of hydrogen-bond acceptors (Lipinski definition) is 10. The summed E-state index contributed by atoms with van der Waals surface area (Å²) in [5, 5.41) is 59.2. The van der Waals surface area contributed by atoms with Gasteiger partial charge in [-0.2, -0.15) is 0 Å². The number of nitro groups is 1. The molecule has 6 aromatic carbocycles. The smallest absolute Gasteiger partial charge is 0.269 e. The number of nitrogens with one attached hydrogen (secondary N) is 2. The monoisotopic (exact) mass is 849 g/mol. The summed E-state index contributed by atoms with van der Waals surface area (Å²) in [6.07, 6.45) is -1.66. The van der Waals surface area contributed by atoms with Gasteiger partial charge in [0.2, 0.25) is 0 Å². The number of rotatable bonds is 13. The van der Waals surface area contributed by atoms with Gasteiger partial charge in [0, 0.05) is 71.0 Å². The van der Waals surface area contributed by atoms with Gasteiger partial charge in [-0.25, -0.2) is 0 Å². The van der Waals surface area contributed by atoms with Crippen LogP contribution in [0.5, 0.6) is 11.5 Å². The highest BCUT2D eigenvalue weighted by Crippen LogP contribution is 2.38. The van der Waals surface area contributed by atoms with Crippen molar-refractivity contribution in [3.05, 3.63) is 169 Å². The second-order valence-electron chi connectivity index (χ2n) is 12.5. The zero-order chi connectivity index (χ0) is 40.4. The van der Waals surface area contributed by atoms with Gasteiger partial charge in [0.15, 0.2) is 0 Å². The van der Waals surface area contributed by atoms with Crippen molar-refractivity contribution in [2.24, 2.45) is 0 Å². The summed E-state index contributed by atoms with van der Waals surface area (Å²) >= 11 is 21.3. The van der Waals surface area contributed by atoms with Gasteiger partial charge < -0.3 is 31.1 Å². The van der Waals surface area contributed by atoms with E-state index in [0.717, 1.165) is 30.7 Å². The van der Waals surface area contributed by atoms with E-state index in [-0.39, 0.29) is 17.2 Å². The second kappa shape index (κ2) is 20.0. The molecular weight excluding hydrogens is 813 g/mol. The SMILES string of the molecule is CC(O)c1cc(Cl)cc(NCc2ccccc2Sc2ccc(Cl)cc2)c1O.CC(O)c1cc(Cl)cc(NCc2ccccc2Sc2ccc([N+](=O)[O-])cc2)c1O. The van der Waals surface area contributed by atoms with E-state index in [0.29, 0.717) is 50.7 Å². The zero-order valence-corrected chi connectivity index (χ0v) is 34.0. The molecule has 6 aromatic rings. The maximum absolute atomic E-state index is 10.8. The first-order chi connectivity index (χ1) is 26.8. The van der Waals surface area contributed by atoms with Gasteiger partial charge in [-0.05, 0) is 97.8 Å². The van der Waals surface area contributed by atoms with E-state index in [1.165, 1.54) is 30.0 Å². The number of aromatic hydroxyl groups is 2. The summed E-state index contributed by atoms with van der Waals surface area (Å²) in [6, 6.07) is 36.2. The molecular formula is C42H38Cl3N3O6S2. The van der Waals surface area contributed by atoms with Gasteiger partial charge in [0.25, 0.3) is 5.69 Å². The fraction of sp³-hybridized carbons (Fsp3) is 0.143. The van der Waals surface area contributed by atoms with Crippen LogP contribution in [0.2, 0.25) is 15.1 Å². The number of hydrogen-bond donors (Lipinski definition) is 6. The van der Waals surface area contributed by atoms with Crippen LogP contribution in [0.15, 0.2) is 141 Å². The van der Waals surface area contributed by atoms with Gasteiger partial charge in [0.05, 0.1) is 28.5 Å². The van der Waals surface area contributed by atoms with Crippen LogP contribution >= 0.6 is 58.3 Å². The maximum Gasteiger partial charge on any atom is 0.269 e. The van der Waals surface area contributed by atoms with E-state index in [4.69, 9.17) is 34.8 Å². The van der Waals surface area contributed by atoms with Crippen molar-refractivity contribution in [3.8, 4) is 11.5 Å². The Labute approximate surface area is 348 Å². The second-order valence-corrected chi connectivity index (χ2v) is 16.0. The third kappa shape index (κ3) is 11.7. The number of halogens is 3. The molecule has 0 aliphatic rings. The molecule has 2 atom stereocenters. The van der Waals surface area contributed by atoms with Crippen molar-refractivity contribution in [1.29, 1.82) is 0 Å². The first-order valence-corrected chi connectivity index (χ1v) is 20.0. The largest absolute Gasteiger partial charge is 0.505 e. The summed E-state index contributed by atoms with van der Waals surface area (Å²) in [6.45, 7) is 4.08. The molecule has 0 fully saturated rings. The maximum atomic E-state index is 10.8. The van der Waals surface area contributed by atoms with Gasteiger partial charge in [0.1, 0.15) is 11.5 Å². The number of benzene rings is 6. The predicted molar refractivity (Wildman–Crippen MR) is 228 cm³/mol. The summed E-state index contributed by atoms with van der Waals surface area (Å²) < 4.78 is 0. The molecule has 0 heterocycles. The number of phenols is 2. The van der Waals surface area contributed by atoms with E-state index in [9.17, 15) is 30.5 Å². The Balaban J connectivity index is 0.000000215. The fourth-order valence-electron chi connectivity index (χ4n) is 5.42. The molecule has 0 aromatic heterocycles. The van der Waals surface area contributed by atoms with Gasteiger partial charge in [-0.3, -0.25) is 10.1 Å². The molecule has 6 N–H and O–H groups in total. The summed E-state index contributed by atoms with van der Waals surface area (Å²) in [7, 11) is 0. The van der Waals surface area contributed by atoms with Gasteiger partial charge in [-0.1, -0.05) is 94.7 Å². The Hall–Kier alpha value is -4.59. The minimum absolute atomic E-state index is 0.0113. The molecule has 0 radical (unpaired) electrons. The number of phenolic OH excluding ortho intramolecular Hbond substituents is 2. The van der Waals surface area contributed by atoms with E-state index in [1.807, 2.05) is 66.7 Å². The number of anilines is 2. The molecule has 0 aliphatic heterocycles. The normalized spacial score (nSPS) is 11.9. The van der Waals surface area contributed by atoms with Crippen molar-refractivity contribution in [2.75, 3.05) is 10.6 Å². The lowest BCUT2D eigenvalue weighted by Gasteiger charge is -2.16. The molecule has 2 unspecified atom stereocenters. The summed E-state index contributed by atoms with van der Waals surface area (Å²) in [5.41, 5.74) is 3.79. The molecule has 9 nitrogen and oxygen atoms in total. The van der Waals surface area contributed by atoms with Crippen LogP contribution in [0.25, 0.3) is 0 Å². The number of aliphatic hydroxyl groups is 2. The number of non-ortho nitro benzene ring substituents is 1. The van der Waals surface area contributed by atoms with Crippen molar-refractivity contribution >= 4 is 75.4 Å². The standard InChI is InChI=1S/C21H19Cl2NO2S.C21H19ClN2O4S/c1-13(25)18-10-16(23)11-19(21(18)26)24-12-14-4-2-3-5-20(14)27-17-8-6-15(22)7-9-17;1-13(25)18-10-15(22)11-19(21(18)26)23-12-14-4-2-3-5-20(14)29-17-8-6-16(7-9-17)24(27)28/h2-11,13,24-26H,12H2,1H3;2-11,13,23,25-26H,12H2,1H3. The number of nitrogens with zero attached hydrogens (tertiary/aromatic N) is 1. The predicted octanol–water partition coefficient (Wildman–Crippen LogP) is 12.3. The molecule has 6 rings (SSSR count). The van der Waals surface area contributed by atoms with Crippen LogP contribution in [-0.2, 0) is 13.1 Å². The van der Waals surface area contributed by atoms with E-state index in [1.54, 1.807) is 55.9 Å². The van der Waals surface area contributed by atoms with Crippen molar-refractivity contribution in [1.82, 2.24) is 0 Å². The summed E-state index contributed by atoms with van der Waals surface area (Å²) in [5.74, 6) is -0.0258. The van der Waals surface area contributed by atoms with Crippen molar-refractivity contribution < 1.29 is 25.3 Å². The van der Waals surface area contributed by atoms with Crippen LogP contribution in [0.3, 0.4) is 0 Å². The molecule has 0 saturated carbocycles. The van der Waals surface area contributed by atoms with E-state index in [2.05, 4.69) is 16.7 Å². The molecule has 290 valence electrons. The molecule has 0 aliphatic carbocycles. The van der Waals surface area contributed by atoms with Crippen LogP contribution in [0, 0.1) is 10.1 Å². The zero-order valence-electron chi connectivity index (χ0n) is 30.1. The Kier molecular flexibility index (Phi) is 15.2. The van der Waals surface area contributed by atoms with Crippen LogP contribution in [0.4, 0.5) is 17.1 Å². The molecule has 0 saturated heterocycles. The highest BCUT2D eigenvalue weighted by Gasteiger charge is 2.16. The molecule has 0 bridgehead atoms. The Morgan fingerprint density at radius 1 is 0.607 bits per heavy atom. The summed E-state index contributed by atoms with van der Waals surface area (Å²) in [4.78, 5) is 14.4. The fourth-order valence-corrected chi connectivity index (χ4v) is 7.89. The minimum atomic E-state index is -0.848. The van der Waals surface area contributed by atoms with Crippen LogP contribution < -0.4 is 10.6 Å². The van der Waals surface area contributed by atoms with Crippen molar-refractivity contribution in [2.45, 2.75) is 58.7 Å². The van der Waals surface area contributed by atoms with Crippen LogP contribution in [-0.4, -0.2) is 25.3 Å². The quantitative estimate of drug-likeness (QED) is 0.0377. The first-order valence-electron chi connectivity index (χ1n) is 17.2. The Bertz CT molecular complexity index is 2280. The highest BCUT2D eigenvalue weighted by molar-refractivity contribution is 7.99. The topological polar surface area (TPSA) is 148 Å². The third-order valence-corrected chi connectivity index (χ3v) is 11.2. The van der Waals surface area contributed by atoms with Crippen molar-refractivity contribution in [3.63, 3.8) is 0 Å². The van der Waals surface area contributed by atoms with Crippen LogP contribution in [0.1, 0.15) is 48.3 Å². The Morgan fingerprint density at radius 2 is 1.00 bits per heavy atom. The van der Waals surface area contributed by atoms with E-state index >= 15 is 0 Å². The molecule has 0 amide bonds. The lowest BCUT2D eigenvalue weighted by atomic mass is 10.1. The Morgan fingerprint density at radius 3 is 1.39 bits per heavy atom.